The van der Waals surface area contributed by atoms with E-state index in [1.54, 1.807) is 0 Å². The van der Waals surface area contributed by atoms with Crippen LogP contribution in [0, 0.1) is 0 Å². The summed E-state index contributed by atoms with van der Waals surface area (Å²) in [7, 11) is 0. The molecule has 22 heavy (non-hydrogen) atoms. The summed E-state index contributed by atoms with van der Waals surface area (Å²) in [4.78, 5) is 14.8. The Kier molecular flexibility index (Phi) is 15.8. The largest absolute Gasteiger partial charge is 0.481 e. The van der Waals surface area contributed by atoms with E-state index in [0.717, 1.165) is 38.5 Å². The Morgan fingerprint density at radius 2 is 1.64 bits per heavy atom. The van der Waals surface area contributed by atoms with Crippen LogP contribution in [0.3, 0.4) is 0 Å². The predicted octanol–water partition coefficient (Wildman–Crippen LogP) is 5.58. The third-order valence-corrected chi connectivity index (χ3v) is 3.84. The number of hydrogen-bond acceptors (Lipinski definition) is 3. The topological polar surface area (TPSA) is 66.8 Å². The van der Waals surface area contributed by atoms with Gasteiger partial charge in [0.05, 0.1) is 0 Å². The highest BCUT2D eigenvalue weighted by atomic mass is 17.1. The lowest BCUT2D eigenvalue weighted by Gasteiger charge is -2.07. The van der Waals surface area contributed by atoms with Crippen molar-refractivity contribution < 1.29 is 20.0 Å². The van der Waals surface area contributed by atoms with Gasteiger partial charge in [0, 0.05) is 6.42 Å². The van der Waals surface area contributed by atoms with Gasteiger partial charge in [-0.2, -0.15) is 0 Å². The number of carboxylic acid groups (broad SMARTS) is 1. The molecule has 4 nitrogen and oxygen atoms in total. The number of unbranched alkanes of at least 4 members (excludes halogenated alkanes) is 9. The van der Waals surface area contributed by atoms with Gasteiger partial charge >= 0.3 is 5.97 Å². The van der Waals surface area contributed by atoms with Gasteiger partial charge in [0.25, 0.3) is 0 Å². The van der Waals surface area contributed by atoms with Gasteiger partial charge in [-0.3, -0.25) is 10.1 Å². The van der Waals surface area contributed by atoms with Gasteiger partial charge in [-0.15, -0.1) is 0 Å². The molecule has 4 heteroatoms. The Hall–Kier alpha value is -0.870. The predicted molar refractivity (Wildman–Crippen MR) is 90.0 cm³/mol. The molecular weight excluding hydrogens is 280 g/mol. The molecule has 0 heterocycles. The minimum atomic E-state index is -0.688. The summed E-state index contributed by atoms with van der Waals surface area (Å²) in [6, 6.07) is 0. The van der Waals surface area contributed by atoms with E-state index in [-0.39, 0.29) is 6.10 Å². The zero-order valence-electron chi connectivity index (χ0n) is 14.1. The summed E-state index contributed by atoms with van der Waals surface area (Å²) in [5.74, 6) is -0.688. The fourth-order valence-electron chi connectivity index (χ4n) is 2.45. The van der Waals surface area contributed by atoms with Crippen molar-refractivity contribution in [2.75, 3.05) is 0 Å². The standard InChI is InChI=1S/C18H34O4/c1-2-3-11-14-17(22-21)15-12-9-7-5-4-6-8-10-13-16-18(19)20/h12,15,17,21H,2-11,13-14,16H2,1H3,(H,19,20)/b15-12+/t17-/m0/s1. The summed E-state index contributed by atoms with van der Waals surface area (Å²) < 4.78 is 0. The van der Waals surface area contributed by atoms with Crippen LogP contribution >= 0.6 is 0 Å². The monoisotopic (exact) mass is 314 g/mol. The van der Waals surface area contributed by atoms with Gasteiger partial charge in [-0.05, 0) is 25.7 Å². The smallest absolute Gasteiger partial charge is 0.303 e. The highest BCUT2D eigenvalue weighted by Crippen LogP contribution is 2.11. The average molecular weight is 314 g/mol. The van der Waals surface area contributed by atoms with Crippen LogP contribution in [0.2, 0.25) is 0 Å². The van der Waals surface area contributed by atoms with Crippen LogP contribution in [0.4, 0.5) is 0 Å². The first kappa shape index (κ1) is 21.1. The summed E-state index contributed by atoms with van der Waals surface area (Å²) in [6.45, 7) is 2.16. The second kappa shape index (κ2) is 16.5. The van der Waals surface area contributed by atoms with Gasteiger partial charge in [0.15, 0.2) is 0 Å². The Labute approximate surface area is 135 Å². The van der Waals surface area contributed by atoms with Gasteiger partial charge in [-0.1, -0.05) is 70.4 Å². The van der Waals surface area contributed by atoms with Crippen molar-refractivity contribution in [1.82, 2.24) is 0 Å². The molecule has 0 aliphatic carbocycles. The highest BCUT2D eigenvalue weighted by Gasteiger charge is 2.03. The Morgan fingerprint density at radius 3 is 2.23 bits per heavy atom. The Bertz CT molecular complexity index is 276. The average Bonchev–Trinajstić information content (AvgIpc) is 2.50. The molecule has 0 aromatic rings. The van der Waals surface area contributed by atoms with Crippen molar-refractivity contribution in [3.05, 3.63) is 12.2 Å². The van der Waals surface area contributed by atoms with E-state index >= 15 is 0 Å². The second-order valence-electron chi connectivity index (χ2n) is 5.98. The zero-order valence-corrected chi connectivity index (χ0v) is 14.1. The first-order valence-electron chi connectivity index (χ1n) is 8.89. The third-order valence-electron chi connectivity index (χ3n) is 3.84. The van der Waals surface area contributed by atoms with E-state index in [1.165, 1.54) is 38.5 Å². The van der Waals surface area contributed by atoms with E-state index in [0.29, 0.717) is 6.42 Å². The van der Waals surface area contributed by atoms with Crippen molar-refractivity contribution in [3.63, 3.8) is 0 Å². The van der Waals surface area contributed by atoms with Crippen LogP contribution in [-0.4, -0.2) is 22.4 Å². The zero-order chi connectivity index (χ0) is 16.5. The molecule has 0 aromatic carbocycles. The highest BCUT2D eigenvalue weighted by molar-refractivity contribution is 5.66. The summed E-state index contributed by atoms with van der Waals surface area (Å²) >= 11 is 0. The van der Waals surface area contributed by atoms with Crippen molar-refractivity contribution in [2.45, 2.75) is 96.5 Å². The lowest BCUT2D eigenvalue weighted by Crippen LogP contribution is -2.06. The molecule has 0 fully saturated rings. The number of hydrogen-bond donors (Lipinski definition) is 2. The Morgan fingerprint density at radius 1 is 1.00 bits per heavy atom. The molecule has 0 aliphatic heterocycles. The lowest BCUT2D eigenvalue weighted by molar-refractivity contribution is -0.267. The lowest BCUT2D eigenvalue weighted by atomic mass is 10.1. The van der Waals surface area contributed by atoms with E-state index in [4.69, 9.17) is 10.4 Å². The number of carbonyl (C=O) groups is 1. The molecular formula is C18H34O4. The molecule has 1 atom stereocenters. The number of allylic oxidation sites excluding steroid dienone is 1. The van der Waals surface area contributed by atoms with Crippen molar-refractivity contribution >= 4 is 5.97 Å². The third kappa shape index (κ3) is 15.5. The van der Waals surface area contributed by atoms with Crippen LogP contribution in [0.5, 0.6) is 0 Å². The van der Waals surface area contributed by atoms with Crippen molar-refractivity contribution in [2.24, 2.45) is 0 Å². The minimum Gasteiger partial charge on any atom is -0.481 e. The van der Waals surface area contributed by atoms with Crippen molar-refractivity contribution in [1.29, 1.82) is 0 Å². The molecule has 0 unspecified atom stereocenters. The van der Waals surface area contributed by atoms with Gasteiger partial charge in [0.2, 0.25) is 0 Å². The normalized spacial score (nSPS) is 12.8. The number of aliphatic carboxylic acids is 1. The molecule has 0 radical (unpaired) electrons. The van der Waals surface area contributed by atoms with Crippen LogP contribution in [-0.2, 0) is 9.68 Å². The molecule has 0 bridgehead atoms. The first-order chi connectivity index (χ1) is 10.7. The van der Waals surface area contributed by atoms with Crippen LogP contribution in [0.25, 0.3) is 0 Å². The first-order valence-corrected chi connectivity index (χ1v) is 8.89. The maximum absolute atomic E-state index is 10.3. The van der Waals surface area contributed by atoms with Gasteiger partial charge < -0.3 is 5.11 Å². The molecule has 2 N–H and O–H groups in total. The van der Waals surface area contributed by atoms with Crippen LogP contribution < -0.4 is 0 Å². The SMILES string of the molecule is CCCCC[C@@H](/C=C/CCCCCCCCCC(=O)O)OO. The van der Waals surface area contributed by atoms with E-state index < -0.39 is 5.97 Å². The fourth-order valence-corrected chi connectivity index (χ4v) is 2.45. The Balaban J connectivity index is 3.36. The van der Waals surface area contributed by atoms with Crippen molar-refractivity contribution in [3.8, 4) is 0 Å². The minimum absolute atomic E-state index is 0.152. The fraction of sp³-hybridized carbons (Fsp3) is 0.833. The second-order valence-corrected chi connectivity index (χ2v) is 5.98. The van der Waals surface area contributed by atoms with Crippen LogP contribution in [0.15, 0.2) is 12.2 Å². The van der Waals surface area contributed by atoms with E-state index in [2.05, 4.69) is 17.9 Å². The van der Waals surface area contributed by atoms with Crippen LogP contribution in [0.1, 0.15) is 90.4 Å². The molecule has 0 rings (SSSR count). The number of rotatable bonds is 16. The maximum atomic E-state index is 10.3. The molecule has 130 valence electrons. The molecule has 0 aromatic heterocycles. The molecule has 0 spiro atoms. The number of carboxylic acids is 1. The molecule has 0 amide bonds. The van der Waals surface area contributed by atoms with E-state index in [9.17, 15) is 4.79 Å². The summed E-state index contributed by atoms with van der Waals surface area (Å²) in [5.41, 5.74) is 0. The summed E-state index contributed by atoms with van der Waals surface area (Å²) in [5, 5.41) is 17.3. The van der Waals surface area contributed by atoms with E-state index in [1.807, 2.05) is 6.08 Å². The van der Waals surface area contributed by atoms with Gasteiger partial charge in [-0.25, -0.2) is 4.89 Å². The quantitative estimate of drug-likeness (QED) is 0.169. The molecule has 0 saturated carbocycles. The molecule has 0 aliphatic rings. The maximum Gasteiger partial charge on any atom is 0.303 e. The molecule has 0 saturated heterocycles. The van der Waals surface area contributed by atoms with Gasteiger partial charge in [0.1, 0.15) is 6.10 Å². The summed E-state index contributed by atoms with van der Waals surface area (Å²) in [6.07, 6.45) is 17.4.